The SMILES string of the molecule is CC1CCC(NC(=O)N2C[C@@H](C)[C@H](C(=O)O)C2)C(C)C1. The number of hydrogen-bond acceptors (Lipinski definition) is 2. The molecule has 3 unspecified atom stereocenters. The summed E-state index contributed by atoms with van der Waals surface area (Å²) < 4.78 is 0. The molecule has 0 bridgehead atoms. The molecular weight excluding hydrogens is 256 g/mol. The van der Waals surface area contributed by atoms with Gasteiger partial charge in [-0.2, -0.15) is 0 Å². The highest BCUT2D eigenvalue weighted by atomic mass is 16.4. The van der Waals surface area contributed by atoms with Crippen LogP contribution in [0.3, 0.4) is 0 Å². The Morgan fingerprint density at radius 1 is 1.10 bits per heavy atom. The second-order valence-electron chi connectivity index (χ2n) is 6.78. The maximum Gasteiger partial charge on any atom is 0.317 e. The number of carbonyl (C=O) groups excluding carboxylic acids is 1. The number of amides is 2. The molecule has 114 valence electrons. The summed E-state index contributed by atoms with van der Waals surface area (Å²) in [6.07, 6.45) is 3.34. The van der Waals surface area contributed by atoms with Crippen molar-refractivity contribution >= 4 is 12.0 Å². The lowest BCUT2D eigenvalue weighted by Gasteiger charge is -2.34. The summed E-state index contributed by atoms with van der Waals surface area (Å²) >= 11 is 0. The van der Waals surface area contributed by atoms with Crippen LogP contribution >= 0.6 is 0 Å². The number of aliphatic carboxylic acids is 1. The summed E-state index contributed by atoms with van der Waals surface area (Å²) in [5.74, 6) is 0.0404. The van der Waals surface area contributed by atoms with Gasteiger partial charge in [0, 0.05) is 19.1 Å². The zero-order valence-corrected chi connectivity index (χ0v) is 12.6. The van der Waals surface area contributed by atoms with Gasteiger partial charge in [-0.25, -0.2) is 4.79 Å². The molecule has 1 aliphatic heterocycles. The van der Waals surface area contributed by atoms with E-state index in [0.29, 0.717) is 19.0 Å². The molecule has 0 aromatic rings. The topological polar surface area (TPSA) is 69.6 Å². The van der Waals surface area contributed by atoms with Gasteiger partial charge in [-0.3, -0.25) is 4.79 Å². The number of rotatable bonds is 2. The van der Waals surface area contributed by atoms with Crippen LogP contribution in [0.2, 0.25) is 0 Å². The van der Waals surface area contributed by atoms with Crippen LogP contribution in [0, 0.1) is 23.7 Å². The van der Waals surface area contributed by atoms with Gasteiger partial charge in [0.15, 0.2) is 0 Å². The molecule has 5 heteroatoms. The average molecular weight is 282 g/mol. The van der Waals surface area contributed by atoms with Crippen LogP contribution in [-0.2, 0) is 4.79 Å². The minimum Gasteiger partial charge on any atom is -0.481 e. The molecule has 5 atom stereocenters. The van der Waals surface area contributed by atoms with Crippen molar-refractivity contribution < 1.29 is 14.7 Å². The maximum atomic E-state index is 12.3. The number of carboxylic acids is 1. The zero-order valence-electron chi connectivity index (χ0n) is 12.6. The maximum absolute atomic E-state index is 12.3. The fraction of sp³-hybridized carbons (Fsp3) is 0.867. The van der Waals surface area contributed by atoms with Crippen LogP contribution in [0.4, 0.5) is 4.79 Å². The number of urea groups is 1. The zero-order chi connectivity index (χ0) is 14.9. The molecule has 0 spiro atoms. The van der Waals surface area contributed by atoms with E-state index < -0.39 is 11.9 Å². The third-order valence-electron chi connectivity index (χ3n) is 4.96. The summed E-state index contributed by atoms with van der Waals surface area (Å²) in [5, 5.41) is 12.2. The molecule has 1 saturated heterocycles. The lowest BCUT2D eigenvalue weighted by Crippen LogP contribution is -2.48. The molecule has 5 nitrogen and oxygen atoms in total. The lowest BCUT2D eigenvalue weighted by molar-refractivity contribution is -0.142. The largest absolute Gasteiger partial charge is 0.481 e. The summed E-state index contributed by atoms with van der Waals surface area (Å²) in [6.45, 7) is 7.22. The Kier molecular flexibility index (Phi) is 4.55. The molecule has 0 radical (unpaired) electrons. The molecule has 0 aromatic carbocycles. The van der Waals surface area contributed by atoms with Crippen LogP contribution in [0.15, 0.2) is 0 Å². The highest BCUT2D eigenvalue weighted by molar-refractivity contribution is 5.77. The molecule has 1 aliphatic carbocycles. The molecule has 2 N–H and O–H groups in total. The number of nitrogens with zero attached hydrogens (tertiary/aromatic N) is 1. The highest BCUT2D eigenvalue weighted by Crippen LogP contribution is 2.29. The average Bonchev–Trinajstić information content (AvgIpc) is 2.75. The van der Waals surface area contributed by atoms with Crippen molar-refractivity contribution in [2.75, 3.05) is 13.1 Å². The molecule has 20 heavy (non-hydrogen) atoms. The van der Waals surface area contributed by atoms with E-state index in [2.05, 4.69) is 19.2 Å². The van der Waals surface area contributed by atoms with Gasteiger partial charge in [-0.05, 0) is 37.0 Å². The van der Waals surface area contributed by atoms with Crippen molar-refractivity contribution in [1.82, 2.24) is 10.2 Å². The summed E-state index contributed by atoms with van der Waals surface area (Å²) in [7, 11) is 0. The molecule has 1 saturated carbocycles. The minimum atomic E-state index is -0.798. The van der Waals surface area contributed by atoms with Gasteiger partial charge in [0.25, 0.3) is 0 Å². The smallest absolute Gasteiger partial charge is 0.317 e. The van der Waals surface area contributed by atoms with Gasteiger partial charge in [-0.1, -0.05) is 20.8 Å². The first-order chi connectivity index (χ1) is 9.38. The second kappa shape index (κ2) is 6.02. The number of carbonyl (C=O) groups is 2. The third kappa shape index (κ3) is 3.25. The quantitative estimate of drug-likeness (QED) is 0.815. The van der Waals surface area contributed by atoms with E-state index in [1.54, 1.807) is 4.90 Å². The number of likely N-dealkylation sites (tertiary alicyclic amines) is 1. The summed E-state index contributed by atoms with van der Waals surface area (Å²) in [5.41, 5.74) is 0. The highest BCUT2D eigenvalue weighted by Gasteiger charge is 2.38. The van der Waals surface area contributed by atoms with Crippen LogP contribution in [0.1, 0.15) is 40.0 Å². The van der Waals surface area contributed by atoms with Gasteiger partial charge in [0.1, 0.15) is 0 Å². The molecular formula is C15H26N2O3. The third-order valence-corrected chi connectivity index (χ3v) is 4.96. The molecule has 1 heterocycles. The van der Waals surface area contributed by atoms with Crippen molar-refractivity contribution in [3.8, 4) is 0 Å². The summed E-state index contributed by atoms with van der Waals surface area (Å²) in [4.78, 5) is 25.0. The van der Waals surface area contributed by atoms with Gasteiger partial charge in [-0.15, -0.1) is 0 Å². The van der Waals surface area contributed by atoms with E-state index in [4.69, 9.17) is 5.11 Å². The first kappa shape index (κ1) is 15.1. The number of carboxylic acid groups (broad SMARTS) is 1. The number of hydrogen-bond donors (Lipinski definition) is 2. The van der Waals surface area contributed by atoms with Gasteiger partial charge < -0.3 is 15.3 Å². The van der Waals surface area contributed by atoms with Crippen molar-refractivity contribution in [3.05, 3.63) is 0 Å². The van der Waals surface area contributed by atoms with Crippen LogP contribution in [0.5, 0.6) is 0 Å². The minimum absolute atomic E-state index is 0.0297. The van der Waals surface area contributed by atoms with Crippen molar-refractivity contribution in [2.24, 2.45) is 23.7 Å². The van der Waals surface area contributed by atoms with Crippen molar-refractivity contribution in [1.29, 1.82) is 0 Å². The van der Waals surface area contributed by atoms with E-state index >= 15 is 0 Å². The lowest BCUT2D eigenvalue weighted by atomic mass is 9.80. The van der Waals surface area contributed by atoms with Crippen LogP contribution in [0.25, 0.3) is 0 Å². The van der Waals surface area contributed by atoms with Gasteiger partial charge in [0.05, 0.1) is 5.92 Å². The van der Waals surface area contributed by atoms with E-state index in [-0.39, 0.29) is 18.0 Å². The van der Waals surface area contributed by atoms with E-state index in [9.17, 15) is 9.59 Å². The van der Waals surface area contributed by atoms with Crippen molar-refractivity contribution in [2.45, 2.75) is 46.1 Å². The molecule has 2 amide bonds. The molecule has 2 fully saturated rings. The predicted octanol–water partition coefficient (Wildman–Crippen LogP) is 2.17. The Hall–Kier alpha value is -1.26. The Bertz CT molecular complexity index is 385. The standard InChI is InChI=1S/C15H26N2O3/c1-9-4-5-13(10(2)6-9)16-15(20)17-7-11(3)12(8-17)14(18)19/h9-13H,4-8H2,1-3H3,(H,16,20)(H,18,19)/t9?,10?,11-,12-,13?/m1/s1. The van der Waals surface area contributed by atoms with Gasteiger partial charge in [0.2, 0.25) is 0 Å². The summed E-state index contributed by atoms with van der Waals surface area (Å²) in [6, 6.07) is 0.143. The number of nitrogens with one attached hydrogen (secondary N) is 1. The molecule has 0 aromatic heterocycles. The van der Waals surface area contributed by atoms with Crippen LogP contribution in [-0.4, -0.2) is 41.1 Å². The fourth-order valence-electron chi connectivity index (χ4n) is 3.58. The Morgan fingerprint density at radius 3 is 2.35 bits per heavy atom. The Balaban J connectivity index is 1.88. The van der Waals surface area contributed by atoms with E-state index in [0.717, 1.165) is 25.2 Å². The molecule has 2 rings (SSSR count). The Labute approximate surface area is 120 Å². The second-order valence-corrected chi connectivity index (χ2v) is 6.78. The Morgan fingerprint density at radius 2 is 1.80 bits per heavy atom. The van der Waals surface area contributed by atoms with Crippen LogP contribution < -0.4 is 5.32 Å². The molecule has 2 aliphatic rings. The predicted molar refractivity (Wildman–Crippen MR) is 76.4 cm³/mol. The van der Waals surface area contributed by atoms with E-state index in [1.165, 1.54) is 0 Å². The monoisotopic (exact) mass is 282 g/mol. The van der Waals surface area contributed by atoms with E-state index in [1.807, 2.05) is 6.92 Å². The first-order valence-corrected chi connectivity index (χ1v) is 7.66. The first-order valence-electron chi connectivity index (χ1n) is 7.66. The van der Waals surface area contributed by atoms with Crippen molar-refractivity contribution in [3.63, 3.8) is 0 Å². The van der Waals surface area contributed by atoms with Gasteiger partial charge >= 0.3 is 12.0 Å². The fourth-order valence-corrected chi connectivity index (χ4v) is 3.58. The normalized spacial score (nSPS) is 37.8.